The lowest BCUT2D eigenvalue weighted by Crippen LogP contribution is -2.46. The highest BCUT2D eigenvalue weighted by molar-refractivity contribution is 5.66. The molecule has 1 heterocycles. The fourth-order valence-electron chi connectivity index (χ4n) is 2.15. The summed E-state index contributed by atoms with van der Waals surface area (Å²) < 4.78 is 0. The van der Waals surface area contributed by atoms with Crippen LogP contribution < -0.4 is 5.32 Å². The molecule has 1 fully saturated rings. The third-order valence-electron chi connectivity index (χ3n) is 2.91. The van der Waals surface area contributed by atoms with Crippen LogP contribution in [0.1, 0.15) is 32.6 Å². The molecule has 0 aromatic heterocycles. The summed E-state index contributed by atoms with van der Waals surface area (Å²) in [5.41, 5.74) is 0. The standard InChI is InChI=1S/C11H22N2O2/c1-2-7-13(8-5-11(14)15)10-4-3-6-12-9-10/h10,12H,2-9H2,1H3,(H,14,15). The van der Waals surface area contributed by atoms with Crippen LogP contribution in [0.15, 0.2) is 0 Å². The Kier molecular flexibility index (Phi) is 5.65. The molecule has 1 rings (SSSR count). The van der Waals surface area contributed by atoms with E-state index in [9.17, 15) is 4.79 Å². The number of carboxylic acids is 1. The number of piperidine rings is 1. The van der Waals surface area contributed by atoms with Crippen LogP contribution in [0.5, 0.6) is 0 Å². The normalized spacial score (nSPS) is 21.9. The van der Waals surface area contributed by atoms with E-state index in [1.165, 1.54) is 12.8 Å². The minimum Gasteiger partial charge on any atom is -0.481 e. The maximum absolute atomic E-state index is 10.5. The average Bonchev–Trinajstić information content (AvgIpc) is 2.25. The van der Waals surface area contributed by atoms with Crippen molar-refractivity contribution in [1.82, 2.24) is 10.2 Å². The van der Waals surface area contributed by atoms with Gasteiger partial charge in [-0.25, -0.2) is 0 Å². The summed E-state index contributed by atoms with van der Waals surface area (Å²) in [6.45, 7) is 5.97. The van der Waals surface area contributed by atoms with Crippen molar-refractivity contribution in [3.05, 3.63) is 0 Å². The average molecular weight is 214 g/mol. The van der Waals surface area contributed by atoms with Crippen LogP contribution >= 0.6 is 0 Å². The number of carboxylic acid groups (broad SMARTS) is 1. The molecule has 4 nitrogen and oxygen atoms in total. The highest BCUT2D eigenvalue weighted by Crippen LogP contribution is 2.11. The first-order valence-electron chi connectivity index (χ1n) is 5.90. The zero-order valence-electron chi connectivity index (χ0n) is 9.54. The van der Waals surface area contributed by atoms with E-state index in [2.05, 4.69) is 17.1 Å². The molecule has 0 spiro atoms. The first-order valence-corrected chi connectivity index (χ1v) is 5.90. The van der Waals surface area contributed by atoms with E-state index in [-0.39, 0.29) is 6.42 Å². The summed E-state index contributed by atoms with van der Waals surface area (Å²) in [5, 5.41) is 12.1. The molecule has 0 radical (unpaired) electrons. The third kappa shape index (κ3) is 4.62. The van der Waals surface area contributed by atoms with Gasteiger partial charge < -0.3 is 10.4 Å². The maximum atomic E-state index is 10.5. The molecule has 1 saturated heterocycles. The number of nitrogens with one attached hydrogen (secondary N) is 1. The summed E-state index contributed by atoms with van der Waals surface area (Å²) in [4.78, 5) is 12.9. The minimum atomic E-state index is -0.695. The van der Waals surface area contributed by atoms with Crippen LogP contribution in [0, 0.1) is 0 Å². The van der Waals surface area contributed by atoms with Crippen LogP contribution in [-0.4, -0.2) is 48.2 Å². The van der Waals surface area contributed by atoms with Gasteiger partial charge in [-0.2, -0.15) is 0 Å². The van der Waals surface area contributed by atoms with Crippen molar-refractivity contribution in [2.75, 3.05) is 26.2 Å². The van der Waals surface area contributed by atoms with Gasteiger partial charge in [-0.05, 0) is 32.4 Å². The minimum absolute atomic E-state index is 0.260. The lowest BCUT2D eigenvalue weighted by molar-refractivity contribution is -0.137. The summed E-state index contributed by atoms with van der Waals surface area (Å²) in [6.07, 6.45) is 3.76. The summed E-state index contributed by atoms with van der Waals surface area (Å²) in [5.74, 6) is -0.695. The molecule has 0 aromatic carbocycles. The summed E-state index contributed by atoms with van der Waals surface area (Å²) in [7, 11) is 0. The van der Waals surface area contributed by atoms with Gasteiger partial charge in [-0.3, -0.25) is 9.69 Å². The van der Waals surface area contributed by atoms with E-state index in [0.29, 0.717) is 12.6 Å². The van der Waals surface area contributed by atoms with Crippen molar-refractivity contribution in [3.8, 4) is 0 Å². The topological polar surface area (TPSA) is 52.6 Å². The molecule has 1 aliphatic heterocycles. The van der Waals surface area contributed by atoms with Crippen molar-refractivity contribution < 1.29 is 9.90 Å². The molecular formula is C11H22N2O2. The Bertz CT molecular complexity index is 191. The van der Waals surface area contributed by atoms with Crippen molar-refractivity contribution in [1.29, 1.82) is 0 Å². The Balaban J connectivity index is 2.36. The first kappa shape index (κ1) is 12.5. The van der Waals surface area contributed by atoms with Crippen molar-refractivity contribution in [2.24, 2.45) is 0 Å². The Morgan fingerprint density at radius 1 is 1.53 bits per heavy atom. The zero-order chi connectivity index (χ0) is 11.1. The van der Waals surface area contributed by atoms with E-state index in [4.69, 9.17) is 5.11 Å². The number of rotatable bonds is 6. The van der Waals surface area contributed by atoms with Gasteiger partial charge in [-0.15, -0.1) is 0 Å². The molecule has 0 saturated carbocycles. The second-order valence-electron chi connectivity index (χ2n) is 4.18. The first-order chi connectivity index (χ1) is 7.24. The van der Waals surface area contributed by atoms with Crippen LogP contribution in [0.2, 0.25) is 0 Å². The number of aliphatic carboxylic acids is 1. The third-order valence-corrected chi connectivity index (χ3v) is 2.91. The molecule has 1 unspecified atom stereocenters. The predicted molar refractivity (Wildman–Crippen MR) is 60.0 cm³/mol. The van der Waals surface area contributed by atoms with Gasteiger partial charge in [0.25, 0.3) is 0 Å². The van der Waals surface area contributed by atoms with Crippen molar-refractivity contribution in [2.45, 2.75) is 38.6 Å². The molecule has 1 atom stereocenters. The van der Waals surface area contributed by atoms with Gasteiger partial charge >= 0.3 is 5.97 Å². The van der Waals surface area contributed by atoms with Gasteiger partial charge in [0.05, 0.1) is 6.42 Å². The van der Waals surface area contributed by atoms with Gasteiger partial charge in [0.2, 0.25) is 0 Å². The monoisotopic (exact) mass is 214 g/mol. The zero-order valence-corrected chi connectivity index (χ0v) is 9.54. The van der Waals surface area contributed by atoms with Crippen LogP contribution in [0.4, 0.5) is 0 Å². The van der Waals surface area contributed by atoms with Gasteiger partial charge in [-0.1, -0.05) is 6.92 Å². The SMILES string of the molecule is CCCN(CCC(=O)O)C1CCCNC1. The number of nitrogens with zero attached hydrogens (tertiary/aromatic N) is 1. The van der Waals surface area contributed by atoms with E-state index >= 15 is 0 Å². The van der Waals surface area contributed by atoms with E-state index in [0.717, 1.165) is 26.1 Å². The van der Waals surface area contributed by atoms with E-state index < -0.39 is 5.97 Å². The Morgan fingerprint density at radius 3 is 2.87 bits per heavy atom. The van der Waals surface area contributed by atoms with E-state index in [1.54, 1.807) is 0 Å². The lowest BCUT2D eigenvalue weighted by Gasteiger charge is -2.34. The van der Waals surface area contributed by atoms with Crippen molar-refractivity contribution >= 4 is 5.97 Å². The largest absolute Gasteiger partial charge is 0.481 e. The number of hydrogen-bond acceptors (Lipinski definition) is 3. The highest BCUT2D eigenvalue weighted by atomic mass is 16.4. The molecule has 88 valence electrons. The quantitative estimate of drug-likeness (QED) is 0.690. The molecule has 4 heteroatoms. The van der Waals surface area contributed by atoms with Crippen LogP contribution in [0.3, 0.4) is 0 Å². The van der Waals surface area contributed by atoms with Crippen molar-refractivity contribution in [3.63, 3.8) is 0 Å². The Labute approximate surface area is 91.6 Å². The molecule has 0 amide bonds. The smallest absolute Gasteiger partial charge is 0.304 e. The Hall–Kier alpha value is -0.610. The molecule has 0 bridgehead atoms. The highest BCUT2D eigenvalue weighted by Gasteiger charge is 2.20. The maximum Gasteiger partial charge on any atom is 0.304 e. The van der Waals surface area contributed by atoms with Gasteiger partial charge in [0.1, 0.15) is 0 Å². The van der Waals surface area contributed by atoms with Gasteiger partial charge in [0.15, 0.2) is 0 Å². The summed E-state index contributed by atoms with van der Waals surface area (Å²) >= 11 is 0. The number of hydrogen-bond donors (Lipinski definition) is 2. The van der Waals surface area contributed by atoms with E-state index in [1.807, 2.05) is 0 Å². The van der Waals surface area contributed by atoms with Gasteiger partial charge in [0, 0.05) is 19.1 Å². The molecule has 0 aliphatic carbocycles. The molecule has 1 aliphatic rings. The molecule has 15 heavy (non-hydrogen) atoms. The molecule has 2 N–H and O–H groups in total. The second kappa shape index (κ2) is 6.80. The predicted octanol–water partition coefficient (Wildman–Crippen LogP) is 0.925. The second-order valence-corrected chi connectivity index (χ2v) is 4.18. The number of carbonyl (C=O) groups is 1. The Morgan fingerprint density at radius 2 is 2.33 bits per heavy atom. The molecule has 0 aromatic rings. The van der Waals surface area contributed by atoms with Crippen LogP contribution in [0.25, 0.3) is 0 Å². The fraction of sp³-hybridized carbons (Fsp3) is 0.909. The fourth-order valence-corrected chi connectivity index (χ4v) is 2.15. The summed E-state index contributed by atoms with van der Waals surface area (Å²) in [6, 6.07) is 0.540. The lowest BCUT2D eigenvalue weighted by atomic mass is 10.1. The molecular weight excluding hydrogens is 192 g/mol. The van der Waals surface area contributed by atoms with Crippen LogP contribution in [-0.2, 0) is 4.79 Å².